The minimum absolute atomic E-state index is 0.0201. The fourth-order valence-electron chi connectivity index (χ4n) is 6.98. The molecular weight excluding hydrogens is 821 g/mol. The maximum atomic E-state index is 11.6. The second kappa shape index (κ2) is 17.9. The summed E-state index contributed by atoms with van der Waals surface area (Å²) in [7, 11) is 0. The van der Waals surface area contributed by atoms with Crippen LogP contribution in [0.4, 0.5) is 17.7 Å². The predicted octanol–water partition coefficient (Wildman–Crippen LogP) is 7.50. The first-order chi connectivity index (χ1) is 31.0. The van der Waals surface area contributed by atoms with E-state index in [1.165, 1.54) is 46.1 Å². The number of anilines is 3. The average molecular weight is 857 g/mol. The Kier molecular flexibility index (Phi) is 11.7. The summed E-state index contributed by atoms with van der Waals surface area (Å²) < 4.78 is 21.4. The van der Waals surface area contributed by atoms with Crippen molar-refractivity contribution in [3.05, 3.63) is 161 Å². The summed E-state index contributed by atoms with van der Waals surface area (Å²) >= 11 is 0. The predicted molar refractivity (Wildman–Crippen MR) is 235 cm³/mol. The van der Waals surface area contributed by atoms with E-state index in [-0.39, 0.29) is 40.9 Å². The fourth-order valence-corrected chi connectivity index (χ4v) is 6.98. The molecule has 6 aromatic carbocycles. The standard InChI is InChI=1S/C16H6O6.C14H14N2.C9H9N3O2.C8H7N3O/c17-13-9-3-1-7(5-11(9)15(19)21-13)8-2-4-10-12(6-8)16(20)22-14(10)18;1-2-16-13-6-4-3-5-11(13)12-9-10(15)7-8-14(12)16;10-9-12-11-8(14-9)7-3-1-6(5-13)2-4-7;9-8-11-10-7(12-8)6-4-2-1-3-5-6/h1-6H;3-9H,2,15H2,1H3;1-4,13H,5H2,(H2,10,12);1-5H,(H2,9,11). The second-order valence-electron chi connectivity index (χ2n) is 14.0. The first-order valence-electron chi connectivity index (χ1n) is 19.5. The highest BCUT2D eigenvalue weighted by Crippen LogP contribution is 2.32. The summed E-state index contributed by atoms with van der Waals surface area (Å²) in [5, 5.41) is 25.9. The first-order valence-corrected chi connectivity index (χ1v) is 19.5. The molecule has 64 heavy (non-hydrogen) atoms. The summed E-state index contributed by atoms with van der Waals surface area (Å²) in [6.45, 7) is 3.17. The molecule has 3 aromatic heterocycles. The van der Waals surface area contributed by atoms with Gasteiger partial charge in [-0.05, 0) is 96.4 Å². The molecule has 2 aliphatic heterocycles. The van der Waals surface area contributed by atoms with Gasteiger partial charge in [-0.2, -0.15) is 0 Å². The third-order valence-electron chi connectivity index (χ3n) is 10.0. The monoisotopic (exact) mass is 856 g/mol. The number of hydrogen-bond donors (Lipinski definition) is 4. The summed E-state index contributed by atoms with van der Waals surface area (Å²) in [5.74, 6) is -1.90. The topological polar surface area (TPSA) is 268 Å². The number of hydrogen-bond acceptors (Lipinski definition) is 16. The van der Waals surface area contributed by atoms with Gasteiger partial charge >= 0.3 is 35.9 Å². The summed E-state index contributed by atoms with van der Waals surface area (Å²) in [6.07, 6.45) is 0. The molecule has 0 unspecified atom stereocenters. The van der Waals surface area contributed by atoms with Crippen molar-refractivity contribution in [2.75, 3.05) is 17.2 Å². The van der Waals surface area contributed by atoms with Gasteiger partial charge in [0.15, 0.2) is 0 Å². The molecule has 11 rings (SSSR count). The van der Waals surface area contributed by atoms with Crippen LogP contribution in [0.2, 0.25) is 0 Å². The van der Waals surface area contributed by atoms with Gasteiger partial charge in [0.25, 0.3) is 0 Å². The Labute approximate surface area is 362 Å². The number of aromatic nitrogens is 5. The number of fused-ring (bicyclic) bond motifs is 5. The van der Waals surface area contributed by atoms with Crippen LogP contribution >= 0.6 is 0 Å². The molecule has 17 heteroatoms. The van der Waals surface area contributed by atoms with Gasteiger partial charge in [-0.15, -0.1) is 10.2 Å². The number of nitrogens with two attached hydrogens (primary N) is 3. The number of cyclic esters (lactones) is 4. The van der Waals surface area contributed by atoms with Crippen LogP contribution in [-0.2, 0) is 22.6 Å². The lowest BCUT2D eigenvalue weighted by Crippen LogP contribution is -1.97. The van der Waals surface area contributed by atoms with Crippen molar-refractivity contribution >= 4 is 63.4 Å². The molecule has 0 saturated heterocycles. The van der Waals surface area contributed by atoms with Crippen LogP contribution in [-0.4, -0.2) is 53.9 Å². The van der Waals surface area contributed by atoms with E-state index in [2.05, 4.69) is 77.8 Å². The van der Waals surface area contributed by atoms with Crippen LogP contribution in [0.1, 0.15) is 53.9 Å². The molecule has 0 aliphatic carbocycles. The van der Waals surface area contributed by atoms with E-state index in [1.54, 1.807) is 36.4 Å². The Bertz CT molecular complexity index is 3140. The van der Waals surface area contributed by atoms with Crippen molar-refractivity contribution in [1.82, 2.24) is 25.0 Å². The van der Waals surface area contributed by atoms with Gasteiger partial charge in [-0.25, -0.2) is 19.2 Å². The van der Waals surface area contributed by atoms with E-state index in [0.717, 1.165) is 28.9 Å². The molecule has 17 nitrogen and oxygen atoms in total. The summed E-state index contributed by atoms with van der Waals surface area (Å²) in [6, 6.07) is 40.7. The van der Waals surface area contributed by atoms with E-state index >= 15 is 0 Å². The molecule has 9 aromatic rings. The highest BCUT2D eigenvalue weighted by atomic mass is 16.6. The Morgan fingerprint density at radius 1 is 0.500 bits per heavy atom. The number of ether oxygens (including phenoxy) is 2. The number of nitrogen functional groups attached to an aromatic ring is 3. The number of para-hydroxylation sites is 1. The largest absolute Gasteiger partial charge is 0.404 e. The lowest BCUT2D eigenvalue weighted by Gasteiger charge is -2.04. The van der Waals surface area contributed by atoms with Crippen LogP contribution in [0.15, 0.2) is 142 Å². The van der Waals surface area contributed by atoms with Crippen molar-refractivity contribution in [3.63, 3.8) is 0 Å². The highest BCUT2D eigenvalue weighted by Gasteiger charge is 2.32. The Morgan fingerprint density at radius 2 is 0.984 bits per heavy atom. The lowest BCUT2D eigenvalue weighted by molar-refractivity contribution is 0.0425. The molecule has 0 atom stereocenters. The average Bonchev–Trinajstić information content (AvgIpc) is 4.15. The number of carbonyl (C=O) groups is 4. The molecule has 0 bridgehead atoms. The van der Waals surface area contributed by atoms with Gasteiger partial charge in [0.05, 0.1) is 28.9 Å². The van der Waals surface area contributed by atoms with Crippen molar-refractivity contribution in [1.29, 1.82) is 0 Å². The van der Waals surface area contributed by atoms with Crippen LogP contribution in [0.5, 0.6) is 0 Å². The molecule has 7 N–H and O–H groups in total. The van der Waals surface area contributed by atoms with E-state index in [1.807, 2.05) is 36.4 Å². The van der Waals surface area contributed by atoms with Gasteiger partial charge < -0.3 is 45.2 Å². The summed E-state index contributed by atoms with van der Waals surface area (Å²) in [5.41, 5.74) is 24.3. The second-order valence-corrected chi connectivity index (χ2v) is 14.0. The maximum Gasteiger partial charge on any atom is 0.346 e. The van der Waals surface area contributed by atoms with E-state index in [0.29, 0.717) is 22.9 Å². The zero-order valence-corrected chi connectivity index (χ0v) is 33.8. The van der Waals surface area contributed by atoms with E-state index in [4.69, 9.17) is 31.1 Å². The van der Waals surface area contributed by atoms with Gasteiger partial charge in [0.2, 0.25) is 11.8 Å². The van der Waals surface area contributed by atoms with Crippen LogP contribution < -0.4 is 17.2 Å². The number of benzene rings is 6. The van der Waals surface area contributed by atoms with E-state index in [9.17, 15) is 19.2 Å². The van der Waals surface area contributed by atoms with Crippen molar-refractivity contribution in [2.24, 2.45) is 0 Å². The van der Waals surface area contributed by atoms with Crippen LogP contribution in [0.3, 0.4) is 0 Å². The number of aliphatic hydroxyl groups is 1. The molecule has 0 spiro atoms. The lowest BCUT2D eigenvalue weighted by atomic mass is 9.97. The smallest absolute Gasteiger partial charge is 0.346 e. The van der Waals surface area contributed by atoms with Gasteiger partial charge in [-0.1, -0.05) is 70.9 Å². The van der Waals surface area contributed by atoms with Gasteiger partial charge in [-0.3, -0.25) is 0 Å². The van der Waals surface area contributed by atoms with Gasteiger partial charge in [0, 0.05) is 45.2 Å². The zero-order chi connectivity index (χ0) is 44.9. The molecule has 0 radical (unpaired) electrons. The number of carbonyl (C=O) groups excluding carboxylic acids is 4. The molecule has 0 saturated carbocycles. The normalized spacial score (nSPS) is 12.3. The Hall–Kier alpha value is -8.96. The number of nitrogens with zero attached hydrogens (tertiary/aromatic N) is 5. The number of rotatable bonds is 5. The third kappa shape index (κ3) is 8.63. The molecule has 5 heterocycles. The number of esters is 4. The molecular formula is C47H36N8O9. The molecule has 0 amide bonds. The summed E-state index contributed by atoms with van der Waals surface area (Å²) in [4.78, 5) is 46.0. The fraction of sp³-hybridized carbons (Fsp3) is 0.0638. The quantitative estimate of drug-likeness (QED) is 0.0741. The maximum absolute atomic E-state index is 11.6. The highest BCUT2D eigenvalue weighted by molar-refractivity contribution is 6.16. The number of aliphatic hydroxyl groups excluding tert-OH is 1. The third-order valence-corrected chi connectivity index (χ3v) is 10.0. The molecule has 2 aliphatic rings. The van der Waals surface area contributed by atoms with Crippen molar-refractivity contribution < 1.29 is 42.6 Å². The van der Waals surface area contributed by atoms with Crippen LogP contribution in [0, 0.1) is 0 Å². The van der Waals surface area contributed by atoms with E-state index < -0.39 is 23.9 Å². The minimum atomic E-state index is -0.697. The first kappa shape index (κ1) is 41.8. The zero-order valence-electron chi connectivity index (χ0n) is 33.8. The molecule has 0 fully saturated rings. The van der Waals surface area contributed by atoms with Crippen LogP contribution in [0.25, 0.3) is 55.8 Å². The Morgan fingerprint density at radius 3 is 1.50 bits per heavy atom. The minimum Gasteiger partial charge on any atom is -0.404 e. The SMILES string of the molecule is CCn1c2ccccc2c2cc(N)ccc21.Nc1nnc(-c2ccc(CO)cc2)o1.Nc1nnc(-c2ccccc2)o1.O=C1OC(=O)c2cc(-c3ccc4c(c3)C(=O)OC4=O)ccc21. The molecule has 318 valence electrons. The van der Waals surface area contributed by atoms with Crippen molar-refractivity contribution in [2.45, 2.75) is 20.1 Å². The van der Waals surface area contributed by atoms with Gasteiger partial charge in [0.1, 0.15) is 0 Å². The Balaban J connectivity index is 0.000000120. The number of aryl methyl sites for hydroxylation is 1. The van der Waals surface area contributed by atoms with Crippen molar-refractivity contribution in [3.8, 4) is 34.0 Å².